The van der Waals surface area contributed by atoms with Gasteiger partial charge in [0.1, 0.15) is 30.3 Å². The van der Waals surface area contributed by atoms with E-state index >= 15 is 4.79 Å². The number of fused-ring (bicyclic) bond motifs is 2. The number of benzene rings is 3. The van der Waals surface area contributed by atoms with Crippen molar-refractivity contribution in [1.29, 1.82) is 0 Å². The van der Waals surface area contributed by atoms with E-state index in [-0.39, 0.29) is 44.7 Å². The van der Waals surface area contributed by atoms with Gasteiger partial charge in [0.15, 0.2) is 5.60 Å². The van der Waals surface area contributed by atoms with Crippen LogP contribution in [0.25, 0.3) is 5.57 Å². The lowest BCUT2D eigenvalue weighted by molar-refractivity contribution is -0.129. The van der Waals surface area contributed by atoms with E-state index in [1.165, 1.54) is 13.8 Å². The summed E-state index contributed by atoms with van der Waals surface area (Å²) in [5, 5.41) is 0.544. The van der Waals surface area contributed by atoms with Gasteiger partial charge in [-0.15, -0.1) is 0 Å². The molecule has 1 aliphatic carbocycles. The van der Waals surface area contributed by atoms with E-state index in [1.807, 2.05) is 86.3 Å². The Morgan fingerprint density at radius 3 is 2.07 bits per heavy atom. The minimum atomic E-state index is -1.95. The molecule has 2 bridgehead atoms. The predicted octanol–water partition coefficient (Wildman–Crippen LogP) is 10.6. The number of alkyl halides is 3. The number of carbonyl (C=O) groups excluding carboxylic acids is 3. The van der Waals surface area contributed by atoms with Gasteiger partial charge in [0.05, 0.1) is 17.1 Å². The van der Waals surface area contributed by atoms with Gasteiger partial charge >= 0.3 is 12.2 Å². The molecule has 0 aromatic heterocycles. The molecule has 2 unspecified atom stereocenters. The van der Waals surface area contributed by atoms with Gasteiger partial charge in [0.25, 0.3) is 5.91 Å². The highest BCUT2D eigenvalue weighted by atomic mass is 35.6. The van der Waals surface area contributed by atoms with Crippen LogP contribution in [0.2, 0.25) is 5.02 Å². The van der Waals surface area contributed by atoms with Crippen LogP contribution in [0.5, 0.6) is 11.5 Å². The zero-order chi connectivity index (χ0) is 43.0. The Morgan fingerprint density at radius 1 is 0.797 bits per heavy atom. The predicted molar refractivity (Wildman–Crippen MR) is 233 cm³/mol. The third-order valence-corrected chi connectivity index (χ3v) is 12.6. The number of hydrogen-bond acceptors (Lipinski definition) is 7. The molecule has 3 aromatic carbocycles. The maximum atomic E-state index is 15.4. The Kier molecular flexibility index (Phi) is 13.4. The number of amides is 3. The van der Waals surface area contributed by atoms with Crippen molar-refractivity contribution in [3.05, 3.63) is 99.1 Å². The summed E-state index contributed by atoms with van der Waals surface area (Å²) < 4.78 is 21.8. The van der Waals surface area contributed by atoms with Crippen molar-refractivity contribution in [2.24, 2.45) is 0 Å². The van der Waals surface area contributed by atoms with E-state index in [2.05, 4.69) is 0 Å². The summed E-state index contributed by atoms with van der Waals surface area (Å²) in [5.41, 5.74) is 3.92. The molecular weight excluding hydrogens is 836 g/mol. The molecule has 3 aliphatic rings. The normalized spacial score (nSPS) is 18.4. The van der Waals surface area contributed by atoms with Gasteiger partial charge in [-0.3, -0.25) is 9.69 Å². The number of halogens is 4. The first-order valence-electron chi connectivity index (χ1n) is 19.9. The number of hydrogen-bond donors (Lipinski definition) is 0. The van der Waals surface area contributed by atoms with Gasteiger partial charge in [0, 0.05) is 31.2 Å². The smallest absolute Gasteiger partial charge is 0.411 e. The fourth-order valence-electron chi connectivity index (χ4n) is 7.34. The number of carbonyl (C=O) groups is 3. The van der Waals surface area contributed by atoms with E-state index < -0.39 is 39.3 Å². The summed E-state index contributed by atoms with van der Waals surface area (Å²) in [6.07, 6.45) is 0.641. The Bertz CT molecular complexity index is 2090. The molecule has 2 aliphatic heterocycles. The maximum absolute atomic E-state index is 15.4. The minimum absolute atomic E-state index is 0.0135. The molecule has 2 fully saturated rings. The average molecular weight is 890 g/mol. The monoisotopic (exact) mass is 887 g/mol. The van der Waals surface area contributed by atoms with E-state index in [9.17, 15) is 9.59 Å². The molecule has 3 aromatic rings. The van der Waals surface area contributed by atoms with Gasteiger partial charge in [-0.2, -0.15) is 0 Å². The second-order valence-corrected chi connectivity index (χ2v) is 19.8. The number of rotatable bonds is 11. The number of nitrogens with zero attached hydrogens (tertiary/aromatic N) is 3. The molecule has 0 N–H and O–H groups in total. The Balaban J connectivity index is 1.37. The molecule has 1 saturated heterocycles. The molecule has 6 rings (SSSR count). The van der Waals surface area contributed by atoms with E-state index in [0.717, 1.165) is 46.2 Å². The summed E-state index contributed by atoms with van der Waals surface area (Å²) in [6.45, 7) is 15.5. The lowest BCUT2D eigenvalue weighted by Gasteiger charge is -2.51. The third-order valence-electron chi connectivity index (χ3n) is 11.0. The van der Waals surface area contributed by atoms with Crippen LogP contribution in [0.3, 0.4) is 0 Å². The molecule has 3 amide bonds. The molecule has 1 saturated carbocycles. The van der Waals surface area contributed by atoms with Crippen LogP contribution in [0.1, 0.15) is 81.7 Å². The molecule has 10 nitrogen and oxygen atoms in total. The molecule has 318 valence electrons. The lowest BCUT2D eigenvalue weighted by Crippen LogP contribution is -2.66. The molecule has 59 heavy (non-hydrogen) atoms. The van der Waals surface area contributed by atoms with Crippen LogP contribution in [0.15, 0.2) is 66.2 Å². The van der Waals surface area contributed by atoms with Crippen molar-refractivity contribution in [2.45, 2.75) is 114 Å². The van der Waals surface area contributed by atoms with Gasteiger partial charge in [0.2, 0.25) is 3.79 Å². The standard InChI is InChI=1S/C45H53Cl4N3O7/c1-27-11-9-10-12-31(27)24-51(32-15-16-32)40(53)39-35(30-13-17-34(18-14-30)56-19-20-57-38-22-29(3)28(2)21-36(38)46)23-33-25-50(41(54)58-43(4,5)6)26-37(39)52(33)42(55)59-44(7,8)45(47,48)49/h9-14,17-18,21-22,32-33,37H,15-16,19-20,23-26H2,1-8H3. The SMILES string of the molecule is Cc1cc(Cl)c(OCCOc2ccc(C3=C(C(=O)N(Cc4ccccc4C)C4CC4)C4CN(C(=O)OC(C)(C)C)CC(C3)N4C(=O)OC(C)(C)C(Cl)(Cl)Cl)cc2)cc1C. The highest BCUT2D eigenvalue weighted by Gasteiger charge is 2.53. The third kappa shape index (κ3) is 10.6. The van der Waals surface area contributed by atoms with Crippen LogP contribution in [-0.4, -0.2) is 92.2 Å². The first kappa shape index (κ1) is 44.7. The number of aryl methyl sites for hydroxylation is 3. The van der Waals surface area contributed by atoms with Crippen molar-refractivity contribution in [1.82, 2.24) is 14.7 Å². The fraction of sp³-hybridized carbons (Fsp3) is 0.489. The quantitative estimate of drug-likeness (QED) is 0.140. The summed E-state index contributed by atoms with van der Waals surface area (Å²) in [6, 6.07) is 17.8. The molecule has 14 heteroatoms. The average Bonchev–Trinajstić information content (AvgIpc) is 3.98. The second-order valence-electron chi connectivity index (χ2n) is 17.1. The molecule has 2 heterocycles. The summed E-state index contributed by atoms with van der Waals surface area (Å²) >= 11 is 25.2. The van der Waals surface area contributed by atoms with Gasteiger partial charge < -0.3 is 28.7 Å². The van der Waals surface area contributed by atoms with Crippen molar-refractivity contribution < 1.29 is 33.3 Å². The van der Waals surface area contributed by atoms with E-state index in [4.69, 9.17) is 65.4 Å². The Morgan fingerprint density at radius 2 is 1.44 bits per heavy atom. The van der Waals surface area contributed by atoms with E-state index in [0.29, 0.717) is 28.6 Å². The molecule has 0 radical (unpaired) electrons. The van der Waals surface area contributed by atoms with Crippen molar-refractivity contribution >= 4 is 70.1 Å². The maximum Gasteiger partial charge on any atom is 0.411 e. The van der Waals surface area contributed by atoms with Gasteiger partial charge in [-0.1, -0.05) is 82.8 Å². The summed E-state index contributed by atoms with van der Waals surface area (Å²) in [4.78, 5) is 48.4. The van der Waals surface area contributed by atoms with Crippen molar-refractivity contribution in [2.75, 3.05) is 26.3 Å². The largest absolute Gasteiger partial charge is 0.490 e. The van der Waals surface area contributed by atoms with E-state index in [1.54, 1.807) is 30.6 Å². The Labute approximate surface area is 367 Å². The molecular formula is C45H53Cl4N3O7. The lowest BCUT2D eigenvalue weighted by atomic mass is 9.81. The summed E-state index contributed by atoms with van der Waals surface area (Å²) in [7, 11) is 0. The van der Waals surface area contributed by atoms with Crippen LogP contribution < -0.4 is 9.47 Å². The van der Waals surface area contributed by atoms with Gasteiger partial charge in [-0.05, 0) is 132 Å². The first-order valence-corrected chi connectivity index (χ1v) is 21.4. The minimum Gasteiger partial charge on any atom is -0.490 e. The second kappa shape index (κ2) is 17.6. The first-order chi connectivity index (χ1) is 27.6. The topological polar surface area (TPSA) is 97.9 Å². The van der Waals surface area contributed by atoms with Crippen LogP contribution >= 0.6 is 46.4 Å². The zero-order valence-electron chi connectivity index (χ0n) is 34.9. The molecule has 2 atom stereocenters. The molecule has 0 spiro atoms. The van der Waals surface area contributed by atoms with Crippen molar-refractivity contribution in [3.8, 4) is 11.5 Å². The van der Waals surface area contributed by atoms with Gasteiger partial charge in [-0.25, -0.2) is 9.59 Å². The fourth-order valence-corrected chi connectivity index (χ4v) is 7.73. The number of ether oxygens (including phenoxy) is 4. The zero-order valence-corrected chi connectivity index (χ0v) is 37.9. The summed E-state index contributed by atoms with van der Waals surface area (Å²) in [5.74, 6) is 0.992. The van der Waals surface area contributed by atoms with Crippen LogP contribution in [0.4, 0.5) is 9.59 Å². The van der Waals surface area contributed by atoms with Crippen LogP contribution in [0, 0.1) is 20.8 Å². The Hall–Kier alpha value is -3.83. The highest BCUT2D eigenvalue weighted by molar-refractivity contribution is 6.68. The van der Waals surface area contributed by atoms with Crippen molar-refractivity contribution in [3.63, 3.8) is 0 Å². The van der Waals surface area contributed by atoms with Crippen LogP contribution in [-0.2, 0) is 20.8 Å². The number of piperazine rings is 1. The highest BCUT2D eigenvalue weighted by Crippen LogP contribution is 2.45.